The molecular weight excluding hydrogens is 346 g/mol. The quantitative estimate of drug-likeness (QED) is 0.724. The van der Waals surface area contributed by atoms with Crippen molar-refractivity contribution in [3.8, 4) is 11.5 Å². The van der Waals surface area contributed by atoms with Gasteiger partial charge in [0.1, 0.15) is 6.17 Å². The molecule has 0 radical (unpaired) electrons. The third kappa shape index (κ3) is 2.45. The Hall–Kier alpha value is -3.10. The van der Waals surface area contributed by atoms with Crippen LogP contribution < -0.4 is 25.9 Å². The minimum absolute atomic E-state index is 0.153. The van der Waals surface area contributed by atoms with Crippen molar-refractivity contribution in [1.29, 1.82) is 0 Å². The van der Waals surface area contributed by atoms with Gasteiger partial charge in [-0.05, 0) is 31.2 Å². The monoisotopic (exact) mass is 365 g/mol. The molecule has 5 rings (SSSR count). The molecule has 3 aliphatic rings. The van der Waals surface area contributed by atoms with Crippen molar-refractivity contribution in [3.05, 3.63) is 59.4 Å². The highest BCUT2D eigenvalue weighted by Crippen LogP contribution is 2.40. The lowest BCUT2D eigenvalue weighted by Gasteiger charge is -2.33. The maximum atomic E-state index is 12.7. The molecule has 1 aromatic heterocycles. The van der Waals surface area contributed by atoms with Crippen LogP contribution in [0.2, 0.25) is 0 Å². The molecule has 27 heavy (non-hydrogen) atoms. The molecule has 8 nitrogen and oxygen atoms in total. The Kier molecular flexibility index (Phi) is 3.56. The standard InChI is InChI=1S/C19H19N5O3/c1-10-11(5-6-14-17(10)27-9-26-14)13-8-15(25)24-19(22-13)16(18(20)23-24)12-4-2-3-7-21-12/h2-8,16,18-19,22-23H,9,20H2,1H3. The van der Waals surface area contributed by atoms with Crippen molar-refractivity contribution in [2.24, 2.45) is 5.73 Å². The Morgan fingerprint density at radius 2 is 2.15 bits per heavy atom. The summed E-state index contributed by atoms with van der Waals surface area (Å²) in [5.74, 6) is 1.09. The molecule has 1 saturated heterocycles. The summed E-state index contributed by atoms with van der Waals surface area (Å²) in [4.78, 5) is 17.2. The van der Waals surface area contributed by atoms with E-state index in [9.17, 15) is 4.79 Å². The highest BCUT2D eigenvalue weighted by molar-refractivity contribution is 5.97. The van der Waals surface area contributed by atoms with E-state index < -0.39 is 6.17 Å². The molecule has 0 saturated carbocycles. The molecule has 1 fully saturated rings. The van der Waals surface area contributed by atoms with Crippen LogP contribution in [0.1, 0.15) is 22.7 Å². The van der Waals surface area contributed by atoms with Gasteiger partial charge in [0.2, 0.25) is 6.79 Å². The molecule has 0 spiro atoms. The SMILES string of the molecule is Cc1c(C2=CC(=O)N3NC(N)C(c4ccccn4)C3N2)ccc2c1OCO2. The van der Waals surface area contributed by atoms with Gasteiger partial charge in [-0.1, -0.05) is 6.07 Å². The lowest BCUT2D eigenvalue weighted by Crippen LogP contribution is -2.52. The normalized spacial score (nSPS) is 25.9. The number of carbonyl (C=O) groups is 1. The molecule has 0 aliphatic carbocycles. The number of fused-ring (bicyclic) bond motifs is 2. The van der Waals surface area contributed by atoms with Crippen LogP contribution in [0.4, 0.5) is 0 Å². The molecule has 3 unspecified atom stereocenters. The Bertz CT molecular complexity index is 946. The van der Waals surface area contributed by atoms with Gasteiger partial charge in [0.05, 0.1) is 17.8 Å². The highest BCUT2D eigenvalue weighted by Gasteiger charge is 2.46. The first-order chi connectivity index (χ1) is 13.1. The number of hydrazine groups is 1. The molecule has 4 heterocycles. The number of nitrogens with two attached hydrogens (primary N) is 1. The fourth-order valence-corrected chi connectivity index (χ4v) is 3.91. The maximum absolute atomic E-state index is 12.7. The van der Waals surface area contributed by atoms with E-state index in [4.69, 9.17) is 15.2 Å². The van der Waals surface area contributed by atoms with Crippen molar-refractivity contribution in [2.45, 2.75) is 25.2 Å². The van der Waals surface area contributed by atoms with Crippen molar-refractivity contribution >= 4 is 11.6 Å². The predicted octanol–water partition coefficient (Wildman–Crippen LogP) is 0.804. The number of aromatic nitrogens is 1. The summed E-state index contributed by atoms with van der Waals surface area (Å²) in [7, 11) is 0. The van der Waals surface area contributed by atoms with E-state index in [0.717, 1.165) is 28.3 Å². The average molecular weight is 365 g/mol. The molecule has 1 amide bonds. The first kappa shape index (κ1) is 16.1. The first-order valence-corrected chi connectivity index (χ1v) is 8.77. The van der Waals surface area contributed by atoms with Crippen molar-refractivity contribution in [1.82, 2.24) is 20.7 Å². The second kappa shape index (κ2) is 5.97. The van der Waals surface area contributed by atoms with E-state index in [1.807, 2.05) is 37.3 Å². The van der Waals surface area contributed by atoms with Crippen molar-refractivity contribution in [3.63, 3.8) is 0 Å². The van der Waals surface area contributed by atoms with Gasteiger partial charge in [-0.2, -0.15) is 0 Å². The molecule has 4 N–H and O–H groups in total. The Balaban J connectivity index is 1.53. The number of hydrogen-bond acceptors (Lipinski definition) is 7. The summed E-state index contributed by atoms with van der Waals surface area (Å²) < 4.78 is 11.0. The van der Waals surface area contributed by atoms with E-state index in [0.29, 0.717) is 5.75 Å². The fourth-order valence-electron chi connectivity index (χ4n) is 3.91. The van der Waals surface area contributed by atoms with Gasteiger partial charge in [-0.25, -0.2) is 10.4 Å². The van der Waals surface area contributed by atoms with E-state index in [2.05, 4.69) is 15.7 Å². The van der Waals surface area contributed by atoms with Gasteiger partial charge >= 0.3 is 0 Å². The number of pyridine rings is 1. The molecule has 0 bridgehead atoms. The smallest absolute Gasteiger partial charge is 0.264 e. The number of nitrogens with zero attached hydrogens (tertiary/aromatic N) is 2. The van der Waals surface area contributed by atoms with Gasteiger partial charge in [-0.3, -0.25) is 9.78 Å². The zero-order valence-corrected chi connectivity index (χ0v) is 14.7. The second-order valence-corrected chi connectivity index (χ2v) is 6.76. The lowest BCUT2D eigenvalue weighted by atomic mass is 9.96. The molecule has 138 valence electrons. The van der Waals surface area contributed by atoms with Crippen LogP contribution in [0.15, 0.2) is 42.6 Å². The molecule has 2 aromatic rings. The summed E-state index contributed by atoms with van der Waals surface area (Å²) >= 11 is 0. The van der Waals surface area contributed by atoms with Gasteiger partial charge in [0, 0.05) is 29.1 Å². The summed E-state index contributed by atoms with van der Waals surface area (Å²) in [6, 6.07) is 9.49. The third-order valence-electron chi connectivity index (χ3n) is 5.21. The van der Waals surface area contributed by atoms with Gasteiger partial charge in [0.15, 0.2) is 11.5 Å². The molecule has 3 aliphatic heterocycles. The number of hydrogen-bond donors (Lipinski definition) is 3. The predicted molar refractivity (Wildman–Crippen MR) is 97.1 cm³/mol. The van der Waals surface area contributed by atoms with Gasteiger partial charge in [-0.15, -0.1) is 0 Å². The Morgan fingerprint density at radius 1 is 1.26 bits per heavy atom. The van der Waals surface area contributed by atoms with Gasteiger partial charge < -0.3 is 20.5 Å². The summed E-state index contributed by atoms with van der Waals surface area (Å²) in [5.41, 5.74) is 12.7. The number of carbonyl (C=O) groups excluding carboxylic acids is 1. The average Bonchev–Trinajstić information content (AvgIpc) is 3.27. The number of rotatable bonds is 2. The number of benzene rings is 1. The lowest BCUT2D eigenvalue weighted by molar-refractivity contribution is -0.131. The number of ether oxygens (including phenoxy) is 2. The van der Waals surface area contributed by atoms with Crippen LogP contribution in [-0.2, 0) is 4.79 Å². The van der Waals surface area contributed by atoms with Crippen molar-refractivity contribution < 1.29 is 14.3 Å². The van der Waals surface area contributed by atoms with Crippen LogP contribution >= 0.6 is 0 Å². The third-order valence-corrected chi connectivity index (χ3v) is 5.21. The zero-order valence-electron chi connectivity index (χ0n) is 14.7. The highest BCUT2D eigenvalue weighted by atomic mass is 16.7. The van der Waals surface area contributed by atoms with E-state index in [1.165, 1.54) is 5.01 Å². The van der Waals surface area contributed by atoms with Crippen LogP contribution in [-0.4, -0.2) is 35.0 Å². The largest absolute Gasteiger partial charge is 0.454 e. The minimum Gasteiger partial charge on any atom is -0.454 e. The molecule has 3 atom stereocenters. The number of nitrogens with one attached hydrogen (secondary N) is 2. The van der Waals surface area contributed by atoms with Crippen LogP contribution in [0, 0.1) is 6.92 Å². The number of amides is 1. The maximum Gasteiger partial charge on any atom is 0.264 e. The summed E-state index contributed by atoms with van der Waals surface area (Å²) in [6.07, 6.45) is 2.54. The van der Waals surface area contributed by atoms with Gasteiger partial charge in [0.25, 0.3) is 5.91 Å². The second-order valence-electron chi connectivity index (χ2n) is 6.76. The Labute approximate surface area is 155 Å². The minimum atomic E-state index is -0.424. The van der Waals surface area contributed by atoms with E-state index >= 15 is 0 Å². The zero-order chi connectivity index (χ0) is 18.5. The van der Waals surface area contributed by atoms with Crippen LogP contribution in [0.3, 0.4) is 0 Å². The molecule has 1 aromatic carbocycles. The molecular formula is C19H19N5O3. The van der Waals surface area contributed by atoms with Crippen LogP contribution in [0.25, 0.3) is 5.70 Å². The van der Waals surface area contributed by atoms with Crippen molar-refractivity contribution in [2.75, 3.05) is 6.79 Å². The molecule has 8 heteroatoms. The summed E-state index contributed by atoms with van der Waals surface area (Å²) in [6.45, 7) is 2.17. The summed E-state index contributed by atoms with van der Waals surface area (Å²) in [5, 5.41) is 5.00. The van der Waals surface area contributed by atoms with Crippen LogP contribution in [0.5, 0.6) is 11.5 Å². The first-order valence-electron chi connectivity index (χ1n) is 8.77. The van der Waals surface area contributed by atoms with E-state index in [-0.39, 0.29) is 24.8 Å². The van der Waals surface area contributed by atoms with E-state index in [1.54, 1.807) is 12.3 Å². The Morgan fingerprint density at radius 3 is 2.96 bits per heavy atom. The topological polar surface area (TPSA) is 102 Å². The fraction of sp³-hybridized carbons (Fsp3) is 0.263.